The Kier molecular flexibility index (Phi) is 5.82. The molecule has 0 aliphatic carbocycles. The minimum Gasteiger partial charge on any atom is -0.465 e. The van der Waals surface area contributed by atoms with Crippen LogP contribution in [-0.4, -0.2) is 36.0 Å². The lowest BCUT2D eigenvalue weighted by atomic mass is 10.1. The third-order valence-corrected chi connectivity index (χ3v) is 3.04. The Morgan fingerprint density at radius 2 is 2.05 bits per heavy atom. The number of nitrogens with two attached hydrogens (primary N) is 1. The number of rotatable bonds is 5. The van der Waals surface area contributed by atoms with Gasteiger partial charge in [-0.05, 0) is 39.0 Å². The van der Waals surface area contributed by atoms with Crippen LogP contribution in [-0.2, 0) is 9.53 Å². The minimum atomic E-state index is -0.449. The molecule has 0 aromatic heterocycles. The zero-order chi connectivity index (χ0) is 15.3. The lowest BCUT2D eigenvalue weighted by Crippen LogP contribution is -2.41. The molecule has 6 heteroatoms. The second-order valence-corrected chi connectivity index (χ2v) is 4.98. The van der Waals surface area contributed by atoms with Crippen molar-refractivity contribution in [1.29, 1.82) is 0 Å². The molecule has 110 valence electrons. The first-order valence-electron chi connectivity index (χ1n) is 6.38. The van der Waals surface area contributed by atoms with E-state index in [1.165, 1.54) is 11.0 Å². The fourth-order valence-electron chi connectivity index (χ4n) is 1.70. The highest BCUT2D eigenvalue weighted by atomic mass is 35.5. The number of hydrogen-bond donors (Lipinski definition) is 1. The topological polar surface area (TPSA) is 72.6 Å². The van der Waals surface area contributed by atoms with Crippen molar-refractivity contribution in [1.82, 2.24) is 4.90 Å². The van der Waals surface area contributed by atoms with Gasteiger partial charge in [-0.3, -0.25) is 9.59 Å². The molecule has 1 amide bonds. The average Bonchev–Trinajstić information content (AvgIpc) is 2.38. The highest BCUT2D eigenvalue weighted by Crippen LogP contribution is 2.21. The van der Waals surface area contributed by atoms with E-state index in [0.717, 1.165) is 0 Å². The van der Waals surface area contributed by atoms with Crippen molar-refractivity contribution in [3.8, 4) is 0 Å². The Balaban J connectivity index is 2.99. The fourth-order valence-corrected chi connectivity index (χ4v) is 1.89. The van der Waals surface area contributed by atoms with E-state index in [0.29, 0.717) is 10.7 Å². The van der Waals surface area contributed by atoms with Gasteiger partial charge in [0, 0.05) is 11.7 Å². The number of nitrogens with zero attached hydrogens (tertiary/aromatic N) is 1. The molecule has 0 aliphatic rings. The number of carbonyl (C=O) groups excluding carboxylic acids is 2. The molecule has 0 heterocycles. The van der Waals surface area contributed by atoms with Gasteiger partial charge in [0.05, 0.1) is 17.2 Å². The Bertz CT molecular complexity index is 503. The van der Waals surface area contributed by atoms with Gasteiger partial charge in [-0.15, -0.1) is 0 Å². The standard InChI is InChI=1S/C14H19ClN2O3/c1-4-20-13(18)8-17(9(2)3)14(19)11-7-10(16)5-6-12(11)15/h5-7,9H,4,8,16H2,1-3H3. The summed E-state index contributed by atoms with van der Waals surface area (Å²) < 4.78 is 4.87. The number of anilines is 1. The molecule has 0 aliphatic heterocycles. The molecule has 0 bridgehead atoms. The molecule has 0 unspecified atom stereocenters. The average molecular weight is 299 g/mol. The van der Waals surface area contributed by atoms with Gasteiger partial charge in [0.15, 0.2) is 0 Å². The van der Waals surface area contributed by atoms with Crippen LogP contribution in [0.25, 0.3) is 0 Å². The first kappa shape index (κ1) is 16.3. The van der Waals surface area contributed by atoms with E-state index >= 15 is 0 Å². The zero-order valence-corrected chi connectivity index (χ0v) is 12.6. The number of amides is 1. The largest absolute Gasteiger partial charge is 0.465 e. The molecule has 0 saturated heterocycles. The van der Waals surface area contributed by atoms with Crippen LogP contribution >= 0.6 is 11.6 Å². The smallest absolute Gasteiger partial charge is 0.325 e. The molecule has 0 spiro atoms. The molecule has 5 nitrogen and oxygen atoms in total. The van der Waals surface area contributed by atoms with Crippen molar-refractivity contribution >= 4 is 29.2 Å². The van der Waals surface area contributed by atoms with Crippen LogP contribution in [0.3, 0.4) is 0 Å². The van der Waals surface area contributed by atoms with Crippen LogP contribution in [0.2, 0.25) is 5.02 Å². The third kappa shape index (κ3) is 4.13. The van der Waals surface area contributed by atoms with E-state index in [9.17, 15) is 9.59 Å². The van der Waals surface area contributed by atoms with E-state index in [1.807, 2.05) is 13.8 Å². The number of hydrogen-bond acceptors (Lipinski definition) is 4. The quantitative estimate of drug-likeness (QED) is 0.669. The Morgan fingerprint density at radius 3 is 2.60 bits per heavy atom. The second-order valence-electron chi connectivity index (χ2n) is 4.57. The van der Waals surface area contributed by atoms with Gasteiger partial charge in [-0.25, -0.2) is 0 Å². The molecule has 1 aromatic rings. The predicted octanol–water partition coefficient (Wildman–Crippen LogP) is 2.34. The minimum absolute atomic E-state index is 0.116. The maximum Gasteiger partial charge on any atom is 0.325 e. The van der Waals surface area contributed by atoms with Crippen molar-refractivity contribution in [2.45, 2.75) is 26.8 Å². The summed E-state index contributed by atoms with van der Waals surface area (Å²) in [4.78, 5) is 25.5. The van der Waals surface area contributed by atoms with E-state index in [-0.39, 0.29) is 30.7 Å². The van der Waals surface area contributed by atoms with Crippen molar-refractivity contribution in [3.63, 3.8) is 0 Å². The van der Waals surface area contributed by atoms with Crippen LogP contribution in [0, 0.1) is 0 Å². The SMILES string of the molecule is CCOC(=O)CN(C(=O)c1cc(N)ccc1Cl)C(C)C. The lowest BCUT2D eigenvalue weighted by Gasteiger charge is -2.26. The molecule has 0 fully saturated rings. The molecule has 20 heavy (non-hydrogen) atoms. The van der Waals surface area contributed by atoms with Gasteiger partial charge in [0.2, 0.25) is 0 Å². The number of ether oxygens (including phenoxy) is 1. The summed E-state index contributed by atoms with van der Waals surface area (Å²) in [5.41, 5.74) is 6.39. The second kappa shape index (κ2) is 7.14. The lowest BCUT2D eigenvalue weighted by molar-refractivity contribution is -0.144. The van der Waals surface area contributed by atoms with Gasteiger partial charge >= 0.3 is 5.97 Å². The number of nitrogen functional groups attached to an aromatic ring is 1. The maximum atomic E-state index is 12.5. The molecule has 0 saturated carbocycles. The van der Waals surface area contributed by atoms with Crippen LogP contribution in [0.4, 0.5) is 5.69 Å². The van der Waals surface area contributed by atoms with Gasteiger partial charge in [-0.2, -0.15) is 0 Å². The van der Waals surface area contributed by atoms with Gasteiger partial charge in [0.25, 0.3) is 5.91 Å². The molecular formula is C14H19ClN2O3. The van der Waals surface area contributed by atoms with Crippen LogP contribution in [0.1, 0.15) is 31.1 Å². The number of esters is 1. The summed E-state index contributed by atoms with van der Waals surface area (Å²) in [5.74, 6) is -0.792. The molecular weight excluding hydrogens is 280 g/mol. The van der Waals surface area contributed by atoms with Gasteiger partial charge in [-0.1, -0.05) is 11.6 Å². The highest BCUT2D eigenvalue weighted by molar-refractivity contribution is 6.34. The Morgan fingerprint density at radius 1 is 1.40 bits per heavy atom. The van der Waals surface area contributed by atoms with E-state index in [1.54, 1.807) is 19.1 Å². The van der Waals surface area contributed by atoms with Gasteiger partial charge < -0.3 is 15.4 Å². The number of halogens is 1. The van der Waals surface area contributed by atoms with Crippen molar-refractivity contribution in [2.24, 2.45) is 0 Å². The van der Waals surface area contributed by atoms with Crippen LogP contribution in [0.5, 0.6) is 0 Å². The molecule has 2 N–H and O–H groups in total. The summed E-state index contributed by atoms with van der Waals surface area (Å²) >= 11 is 6.02. The number of benzene rings is 1. The summed E-state index contributed by atoms with van der Waals surface area (Å²) in [7, 11) is 0. The fraction of sp³-hybridized carbons (Fsp3) is 0.429. The molecule has 1 rings (SSSR count). The molecule has 1 aromatic carbocycles. The summed E-state index contributed by atoms with van der Waals surface area (Å²) in [5, 5.41) is 0.304. The van der Waals surface area contributed by atoms with Crippen molar-refractivity contribution in [3.05, 3.63) is 28.8 Å². The molecule has 0 atom stereocenters. The highest BCUT2D eigenvalue weighted by Gasteiger charge is 2.24. The van der Waals surface area contributed by atoms with E-state index < -0.39 is 5.97 Å². The van der Waals surface area contributed by atoms with Crippen LogP contribution in [0.15, 0.2) is 18.2 Å². The monoisotopic (exact) mass is 298 g/mol. The third-order valence-electron chi connectivity index (χ3n) is 2.71. The summed E-state index contributed by atoms with van der Waals surface area (Å²) in [6.45, 7) is 5.51. The normalized spacial score (nSPS) is 10.4. The van der Waals surface area contributed by atoms with E-state index in [4.69, 9.17) is 22.1 Å². The maximum absolute atomic E-state index is 12.5. The van der Waals surface area contributed by atoms with Gasteiger partial charge in [0.1, 0.15) is 6.54 Å². The first-order chi connectivity index (χ1) is 9.36. The zero-order valence-electron chi connectivity index (χ0n) is 11.9. The first-order valence-corrected chi connectivity index (χ1v) is 6.76. The van der Waals surface area contributed by atoms with Crippen LogP contribution < -0.4 is 5.73 Å². The van der Waals surface area contributed by atoms with E-state index in [2.05, 4.69) is 0 Å². The Labute approximate surface area is 123 Å². The Hall–Kier alpha value is -1.75. The number of carbonyl (C=O) groups is 2. The predicted molar refractivity (Wildman–Crippen MR) is 78.7 cm³/mol. The summed E-state index contributed by atoms with van der Waals surface area (Å²) in [6.07, 6.45) is 0. The van der Waals surface area contributed by atoms with Crippen molar-refractivity contribution in [2.75, 3.05) is 18.9 Å². The molecule has 0 radical (unpaired) electrons. The summed E-state index contributed by atoms with van der Waals surface area (Å²) in [6, 6.07) is 4.52. The van der Waals surface area contributed by atoms with Crippen molar-refractivity contribution < 1.29 is 14.3 Å².